The molecular formula is C16H20N2OS. The molecular weight excluding hydrogens is 268 g/mol. The van der Waals surface area contributed by atoms with Gasteiger partial charge in [0.15, 0.2) is 0 Å². The summed E-state index contributed by atoms with van der Waals surface area (Å²) in [6.45, 7) is 2.87. The maximum Gasteiger partial charge on any atom is 0.250 e. The fourth-order valence-corrected chi connectivity index (χ4v) is 3.40. The van der Waals surface area contributed by atoms with Crippen LogP contribution in [0.3, 0.4) is 0 Å². The van der Waals surface area contributed by atoms with E-state index in [1.165, 1.54) is 17.7 Å². The molecule has 1 aliphatic carbocycles. The van der Waals surface area contributed by atoms with Crippen molar-refractivity contribution in [3.8, 4) is 0 Å². The van der Waals surface area contributed by atoms with Crippen molar-refractivity contribution in [2.24, 2.45) is 5.92 Å². The molecule has 2 aromatic rings. The summed E-state index contributed by atoms with van der Waals surface area (Å²) >= 11 is 1.81. The van der Waals surface area contributed by atoms with Gasteiger partial charge < -0.3 is 9.88 Å². The van der Waals surface area contributed by atoms with Crippen LogP contribution in [0.25, 0.3) is 0 Å². The van der Waals surface area contributed by atoms with E-state index >= 15 is 0 Å². The minimum atomic E-state index is 0.0801. The van der Waals surface area contributed by atoms with Crippen LogP contribution in [0.5, 0.6) is 0 Å². The number of thiophene rings is 1. The molecule has 0 aliphatic heterocycles. The highest BCUT2D eigenvalue weighted by molar-refractivity contribution is 7.10. The van der Waals surface area contributed by atoms with E-state index in [-0.39, 0.29) is 5.56 Å². The zero-order valence-corrected chi connectivity index (χ0v) is 12.5. The van der Waals surface area contributed by atoms with Gasteiger partial charge in [0.2, 0.25) is 0 Å². The smallest absolute Gasteiger partial charge is 0.250 e. The molecule has 1 atom stereocenters. The minimum absolute atomic E-state index is 0.0801. The Bertz CT molecular complexity index is 614. The Morgan fingerprint density at radius 3 is 2.90 bits per heavy atom. The molecule has 1 fully saturated rings. The predicted molar refractivity (Wildman–Crippen MR) is 84.4 cm³/mol. The molecule has 3 nitrogen and oxygen atoms in total. The minimum Gasteiger partial charge on any atom is -0.376 e. The molecule has 0 saturated heterocycles. The SMILES string of the molecule is CCCn1cc(NC(c2cccs2)C2CC2)ccc1=O. The predicted octanol–water partition coefficient (Wildman–Crippen LogP) is 3.88. The molecule has 1 N–H and O–H groups in total. The van der Waals surface area contributed by atoms with Gasteiger partial charge in [-0.1, -0.05) is 13.0 Å². The Morgan fingerprint density at radius 2 is 2.25 bits per heavy atom. The summed E-state index contributed by atoms with van der Waals surface area (Å²) in [5.41, 5.74) is 1.12. The lowest BCUT2D eigenvalue weighted by Gasteiger charge is -2.19. The van der Waals surface area contributed by atoms with E-state index in [1.807, 2.05) is 12.3 Å². The maximum absolute atomic E-state index is 11.8. The molecule has 20 heavy (non-hydrogen) atoms. The molecule has 106 valence electrons. The first-order valence-corrected chi connectivity index (χ1v) is 8.16. The molecule has 2 aromatic heterocycles. The Kier molecular flexibility index (Phi) is 3.92. The lowest BCUT2D eigenvalue weighted by Crippen LogP contribution is -2.20. The second kappa shape index (κ2) is 5.83. The summed E-state index contributed by atoms with van der Waals surface area (Å²) in [6.07, 6.45) is 5.52. The highest BCUT2D eigenvalue weighted by atomic mass is 32.1. The van der Waals surface area contributed by atoms with Crippen molar-refractivity contribution >= 4 is 17.0 Å². The van der Waals surface area contributed by atoms with E-state index in [1.54, 1.807) is 22.0 Å². The van der Waals surface area contributed by atoms with E-state index < -0.39 is 0 Å². The van der Waals surface area contributed by atoms with Crippen molar-refractivity contribution < 1.29 is 0 Å². The highest BCUT2D eigenvalue weighted by Crippen LogP contribution is 2.44. The molecule has 1 saturated carbocycles. The average Bonchev–Trinajstić information content (AvgIpc) is 3.14. The van der Waals surface area contributed by atoms with E-state index in [2.05, 4.69) is 29.8 Å². The van der Waals surface area contributed by atoms with Gasteiger partial charge in [0.1, 0.15) is 0 Å². The van der Waals surface area contributed by atoms with Crippen LogP contribution < -0.4 is 10.9 Å². The number of hydrogen-bond donors (Lipinski definition) is 1. The van der Waals surface area contributed by atoms with Crippen LogP contribution in [0.2, 0.25) is 0 Å². The van der Waals surface area contributed by atoms with E-state index in [9.17, 15) is 4.79 Å². The molecule has 0 amide bonds. The van der Waals surface area contributed by atoms with E-state index in [4.69, 9.17) is 0 Å². The standard InChI is InChI=1S/C16H20N2OS/c1-2-9-18-11-13(7-8-15(18)19)17-16(12-5-6-12)14-4-3-10-20-14/h3-4,7-8,10-12,16-17H,2,5-6,9H2,1H3. The second-order valence-electron chi connectivity index (χ2n) is 5.42. The fraction of sp³-hybridized carbons (Fsp3) is 0.438. The first-order valence-electron chi connectivity index (χ1n) is 7.28. The molecule has 4 heteroatoms. The van der Waals surface area contributed by atoms with Crippen molar-refractivity contribution in [2.45, 2.75) is 38.8 Å². The van der Waals surface area contributed by atoms with E-state index in [0.717, 1.165) is 24.6 Å². The number of aryl methyl sites for hydroxylation is 1. The van der Waals surface area contributed by atoms with Crippen molar-refractivity contribution in [3.63, 3.8) is 0 Å². The monoisotopic (exact) mass is 288 g/mol. The summed E-state index contributed by atoms with van der Waals surface area (Å²) in [5, 5.41) is 5.75. The number of anilines is 1. The maximum atomic E-state index is 11.8. The van der Waals surface area contributed by atoms with Gasteiger partial charge in [-0.25, -0.2) is 0 Å². The summed E-state index contributed by atoms with van der Waals surface area (Å²) in [7, 11) is 0. The molecule has 0 radical (unpaired) electrons. The van der Waals surface area contributed by atoms with Gasteiger partial charge >= 0.3 is 0 Å². The number of rotatable bonds is 6. The van der Waals surface area contributed by atoms with Crippen LogP contribution in [0.4, 0.5) is 5.69 Å². The van der Waals surface area contributed by atoms with Crippen molar-refractivity contribution in [1.82, 2.24) is 4.57 Å². The Labute approximate surface area is 123 Å². The Balaban J connectivity index is 1.82. The third kappa shape index (κ3) is 2.96. The van der Waals surface area contributed by atoms with Crippen LogP contribution in [-0.4, -0.2) is 4.57 Å². The van der Waals surface area contributed by atoms with Crippen molar-refractivity contribution in [2.75, 3.05) is 5.32 Å². The van der Waals surface area contributed by atoms with Crippen LogP contribution in [0.1, 0.15) is 37.1 Å². The van der Waals surface area contributed by atoms with Gasteiger partial charge in [-0.2, -0.15) is 0 Å². The van der Waals surface area contributed by atoms with E-state index in [0.29, 0.717) is 6.04 Å². The molecule has 3 rings (SSSR count). The second-order valence-corrected chi connectivity index (χ2v) is 6.40. The summed E-state index contributed by atoms with van der Waals surface area (Å²) in [6, 6.07) is 8.26. The van der Waals surface area contributed by atoms with Gasteiger partial charge in [0.05, 0.1) is 11.7 Å². The molecule has 2 heterocycles. The number of hydrogen-bond acceptors (Lipinski definition) is 3. The van der Waals surface area contributed by atoms with Gasteiger partial charge in [-0.05, 0) is 42.7 Å². The Morgan fingerprint density at radius 1 is 1.40 bits per heavy atom. The molecule has 1 unspecified atom stereocenters. The van der Waals surface area contributed by atoms with Gasteiger partial charge in [0, 0.05) is 23.7 Å². The van der Waals surface area contributed by atoms with Crippen molar-refractivity contribution in [1.29, 1.82) is 0 Å². The normalized spacial score (nSPS) is 16.1. The fourth-order valence-electron chi connectivity index (χ4n) is 2.53. The molecule has 0 spiro atoms. The zero-order valence-electron chi connectivity index (χ0n) is 11.7. The third-order valence-electron chi connectivity index (χ3n) is 3.71. The molecule has 0 bridgehead atoms. The third-order valence-corrected chi connectivity index (χ3v) is 4.67. The number of aromatic nitrogens is 1. The Hall–Kier alpha value is -1.55. The zero-order chi connectivity index (χ0) is 13.9. The molecule has 0 aromatic carbocycles. The summed E-state index contributed by atoms with van der Waals surface area (Å²) in [4.78, 5) is 13.1. The van der Waals surface area contributed by atoms with Gasteiger partial charge in [0.25, 0.3) is 5.56 Å². The number of nitrogens with zero attached hydrogens (tertiary/aromatic N) is 1. The first-order chi connectivity index (χ1) is 9.78. The average molecular weight is 288 g/mol. The summed E-state index contributed by atoms with van der Waals surface area (Å²) < 4.78 is 1.79. The number of pyridine rings is 1. The van der Waals surface area contributed by atoms with Gasteiger partial charge in [-0.3, -0.25) is 4.79 Å². The van der Waals surface area contributed by atoms with Gasteiger partial charge in [-0.15, -0.1) is 11.3 Å². The van der Waals surface area contributed by atoms with Crippen molar-refractivity contribution in [3.05, 3.63) is 51.1 Å². The molecule has 1 aliphatic rings. The lowest BCUT2D eigenvalue weighted by atomic mass is 10.1. The highest BCUT2D eigenvalue weighted by Gasteiger charge is 2.32. The number of nitrogens with one attached hydrogen (secondary N) is 1. The first kappa shape index (κ1) is 13.4. The van der Waals surface area contributed by atoms with Crippen LogP contribution in [0.15, 0.2) is 40.6 Å². The lowest BCUT2D eigenvalue weighted by molar-refractivity contribution is 0.648. The topological polar surface area (TPSA) is 34.0 Å². The van der Waals surface area contributed by atoms with Crippen LogP contribution in [-0.2, 0) is 6.54 Å². The summed E-state index contributed by atoms with van der Waals surface area (Å²) in [5.74, 6) is 0.736. The largest absolute Gasteiger partial charge is 0.376 e. The quantitative estimate of drug-likeness (QED) is 0.875. The van der Waals surface area contributed by atoms with Crippen LogP contribution in [0, 0.1) is 5.92 Å². The van der Waals surface area contributed by atoms with Crippen LogP contribution >= 0.6 is 11.3 Å².